The lowest BCUT2D eigenvalue weighted by molar-refractivity contribution is 0.101. The van der Waals surface area contributed by atoms with Gasteiger partial charge in [0.15, 0.2) is 11.5 Å². The third-order valence-corrected chi connectivity index (χ3v) is 4.81. The number of hydrogen-bond acceptors (Lipinski definition) is 4. The first kappa shape index (κ1) is 18.0. The Bertz CT molecular complexity index is 1030. The summed E-state index contributed by atoms with van der Waals surface area (Å²) in [5.74, 6) is 0.879. The van der Waals surface area contributed by atoms with Crippen molar-refractivity contribution in [1.29, 1.82) is 0 Å². The molecule has 2 aromatic carbocycles. The summed E-state index contributed by atoms with van der Waals surface area (Å²) in [7, 11) is 1.63. The summed E-state index contributed by atoms with van der Waals surface area (Å²) in [5.41, 5.74) is 3.49. The van der Waals surface area contributed by atoms with Crippen molar-refractivity contribution in [2.45, 2.75) is 25.7 Å². The van der Waals surface area contributed by atoms with Crippen LogP contribution in [-0.4, -0.2) is 28.6 Å². The van der Waals surface area contributed by atoms with E-state index >= 15 is 0 Å². The normalized spacial score (nSPS) is 13.2. The first-order valence-corrected chi connectivity index (χ1v) is 9.22. The highest BCUT2D eigenvalue weighted by atomic mass is 16.5. The number of anilines is 1. The van der Waals surface area contributed by atoms with Crippen LogP contribution in [0.5, 0.6) is 5.75 Å². The highest BCUT2D eigenvalue weighted by molar-refractivity contribution is 6.03. The second kappa shape index (κ2) is 7.31. The molecule has 3 aromatic rings. The van der Waals surface area contributed by atoms with Crippen LogP contribution < -0.4 is 10.1 Å². The summed E-state index contributed by atoms with van der Waals surface area (Å²) in [6.07, 6.45) is 2.20. The zero-order chi connectivity index (χ0) is 19.7. The molecule has 0 radical (unpaired) electrons. The lowest BCUT2D eigenvalue weighted by atomic mass is 10.1. The molecule has 1 aromatic heterocycles. The maximum absolute atomic E-state index is 12.7. The van der Waals surface area contributed by atoms with E-state index in [0.717, 1.165) is 30.0 Å². The van der Waals surface area contributed by atoms with Gasteiger partial charge in [0, 0.05) is 28.9 Å². The van der Waals surface area contributed by atoms with Gasteiger partial charge in [-0.2, -0.15) is 5.10 Å². The molecule has 1 saturated carbocycles. The number of nitrogens with zero attached hydrogens (tertiary/aromatic N) is 2. The minimum absolute atomic E-state index is 0.0102. The van der Waals surface area contributed by atoms with Gasteiger partial charge in [-0.25, -0.2) is 4.68 Å². The maximum atomic E-state index is 12.7. The first-order chi connectivity index (χ1) is 13.5. The van der Waals surface area contributed by atoms with Gasteiger partial charge in [0.1, 0.15) is 5.75 Å². The number of carbonyl (C=O) groups excluding carboxylic acids is 2. The molecule has 28 heavy (non-hydrogen) atoms. The van der Waals surface area contributed by atoms with Gasteiger partial charge in [-0.1, -0.05) is 6.07 Å². The number of aromatic nitrogens is 2. The number of hydrogen-bond donors (Lipinski definition) is 1. The number of methoxy groups -OCH3 is 1. The van der Waals surface area contributed by atoms with E-state index in [0.29, 0.717) is 22.9 Å². The van der Waals surface area contributed by atoms with Crippen LogP contribution in [0, 0.1) is 0 Å². The lowest BCUT2D eigenvalue weighted by Crippen LogP contribution is -2.13. The number of ketones is 1. The summed E-state index contributed by atoms with van der Waals surface area (Å²) in [4.78, 5) is 24.1. The molecule has 6 heteroatoms. The molecule has 1 aliphatic carbocycles. The van der Waals surface area contributed by atoms with Gasteiger partial charge in [-0.05, 0) is 62.2 Å². The molecular formula is C22H21N3O3. The summed E-state index contributed by atoms with van der Waals surface area (Å²) in [5, 5.41) is 7.40. The van der Waals surface area contributed by atoms with Crippen molar-refractivity contribution in [2.75, 3.05) is 12.4 Å². The fourth-order valence-electron chi connectivity index (χ4n) is 3.11. The molecule has 1 N–H and O–H groups in total. The molecule has 1 heterocycles. The van der Waals surface area contributed by atoms with Crippen molar-refractivity contribution >= 4 is 17.4 Å². The summed E-state index contributed by atoms with van der Waals surface area (Å²) in [6, 6.07) is 16.3. The second-order valence-corrected chi connectivity index (χ2v) is 6.93. The molecule has 1 aliphatic rings. The van der Waals surface area contributed by atoms with Gasteiger partial charge < -0.3 is 10.1 Å². The van der Waals surface area contributed by atoms with Crippen LogP contribution in [0.1, 0.15) is 52.2 Å². The van der Waals surface area contributed by atoms with E-state index in [1.54, 1.807) is 31.4 Å². The van der Waals surface area contributed by atoms with Gasteiger partial charge in [-0.15, -0.1) is 0 Å². The molecule has 142 valence electrons. The van der Waals surface area contributed by atoms with Crippen LogP contribution in [0.3, 0.4) is 0 Å². The van der Waals surface area contributed by atoms with E-state index in [1.165, 1.54) is 6.92 Å². The Labute approximate surface area is 163 Å². The van der Waals surface area contributed by atoms with Gasteiger partial charge in [0.2, 0.25) is 0 Å². The van der Waals surface area contributed by atoms with Crippen molar-refractivity contribution in [3.63, 3.8) is 0 Å². The predicted octanol–water partition coefficient (Wildman–Crippen LogP) is 4.21. The largest absolute Gasteiger partial charge is 0.497 e. The summed E-state index contributed by atoms with van der Waals surface area (Å²) < 4.78 is 7.13. The monoisotopic (exact) mass is 375 g/mol. The van der Waals surface area contributed by atoms with Crippen LogP contribution >= 0.6 is 0 Å². The van der Waals surface area contributed by atoms with E-state index < -0.39 is 0 Å². The number of nitrogens with one attached hydrogen (secondary N) is 1. The smallest absolute Gasteiger partial charge is 0.276 e. The third-order valence-electron chi connectivity index (χ3n) is 4.81. The zero-order valence-corrected chi connectivity index (χ0v) is 15.8. The first-order valence-electron chi connectivity index (χ1n) is 9.22. The Hall–Kier alpha value is -3.41. The van der Waals surface area contributed by atoms with Crippen LogP contribution in [-0.2, 0) is 0 Å². The number of Topliss-reactive ketones (excluding diaryl/α,β-unsaturated/α-hetero) is 1. The molecule has 0 aliphatic heterocycles. The second-order valence-electron chi connectivity index (χ2n) is 6.93. The molecule has 1 amide bonds. The molecule has 4 rings (SSSR count). The fourth-order valence-corrected chi connectivity index (χ4v) is 3.11. The molecule has 6 nitrogen and oxygen atoms in total. The molecule has 0 spiro atoms. The molecular weight excluding hydrogens is 354 g/mol. The van der Waals surface area contributed by atoms with E-state index in [9.17, 15) is 9.59 Å². The highest BCUT2D eigenvalue weighted by Crippen LogP contribution is 2.41. The van der Waals surface area contributed by atoms with Gasteiger partial charge >= 0.3 is 0 Å². The number of rotatable bonds is 6. The number of carbonyl (C=O) groups is 2. The number of ether oxygens (including phenoxy) is 1. The Morgan fingerprint density at radius 1 is 1.11 bits per heavy atom. The van der Waals surface area contributed by atoms with Crippen LogP contribution in [0.4, 0.5) is 5.69 Å². The van der Waals surface area contributed by atoms with Gasteiger partial charge in [0.05, 0.1) is 12.8 Å². The van der Waals surface area contributed by atoms with Crippen molar-refractivity contribution in [3.8, 4) is 11.4 Å². The van der Waals surface area contributed by atoms with E-state index in [4.69, 9.17) is 4.74 Å². The molecule has 0 bridgehead atoms. The Morgan fingerprint density at radius 2 is 1.86 bits per heavy atom. The third kappa shape index (κ3) is 3.67. The minimum Gasteiger partial charge on any atom is -0.497 e. The van der Waals surface area contributed by atoms with E-state index in [1.807, 2.05) is 35.0 Å². The standard InChI is InChI=1S/C22H21N3O3/c1-14(26)15-8-10-17(11-9-15)23-22(27)20-13-21(16-6-7-16)25(24-20)18-4-3-5-19(12-18)28-2/h3-5,8-13,16H,6-7H2,1-2H3,(H,23,27). The average molecular weight is 375 g/mol. The average Bonchev–Trinajstić information content (AvgIpc) is 3.46. The summed E-state index contributed by atoms with van der Waals surface area (Å²) in [6.45, 7) is 1.51. The van der Waals surface area contributed by atoms with E-state index in [2.05, 4.69) is 10.4 Å². The van der Waals surface area contributed by atoms with Gasteiger partial charge in [0.25, 0.3) is 5.91 Å². The predicted molar refractivity (Wildman–Crippen MR) is 106 cm³/mol. The molecule has 0 atom stereocenters. The van der Waals surface area contributed by atoms with Crippen molar-refractivity contribution in [2.24, 2.45) is 0 Å². The van der Waals surface area contributed by atoms with Crippen molar-refractivity contribution in [1.82, 2.24) is 9.78 Å². The Balaban J connectivity index is 1.61. The van der Waals surface area contributed by atoms with Crippen molar-refractivity contribution in [3.05, 3.63) is 71.5 Å². The topological polar surface area (TPSA) is 73.2 Å². The zero-order valence-electron chi connectivity index (χ0n) is 15.8. The minimum atomic E-state index is -0.279. The van der Waals surface area contributed by atoms with Crippen LogP contribution in [0.2, 0.25) is 0 Å². The lowest BCUT2D eigenvalue weighted by Gasteiger charge is -2.08. The number of benzene rings is 2. The Kier molecular flexibility index (Phi) is 4.69. The Morgan fingerprint density at radius 3 is 2.50 bits per heavy atom. The summed E-state index contributed by atoms with van der Waals surface area (Å²) >= 11 is 0. The van der Waals surface area contributed by atoms with Crippen molar-refractivity contribution < 1.29 is 14.3 Å². The fraction of sp³-hybridized carbons (Fsp3) is 0.227. The van der Waals surface area contributed by atoms with Crippen LogP contribution in [0.25, 0.3) is 5.69 Å². The quantitative estimate of drug-likeness (QED) is 0.655. The van der Waals surface area contributed by atoms with Gasteiger partial charge in [-0.3, -0.25) is 9.59 Å². The molecule has 1 fully saturated rings. The van der Waals surface area contributed by atoms with Crippen LogP contribution in [0.15, 0.2) is 54.6 Å². The van der Waals surface area contributed by atoms with E-state index in [-0.39, 0.29) is 11.7 Å². The molecule has 0 saturated heterocycles. The highest BCUT2D eigenvalue weighted by Gasteiger charge is 2.30. The maximum Gasteiger partial charge on any atom is 0.276 e. The number of amides is 1. The molecule has 0 unspecified atom stereocenters. The SMILES string of the molecule is COc1cccc(-n2nc(C(=O)Nc3ccc(C(C)=O)cc3)cc2C2CC2)c1.